The molecule has 12 heteroatoms. The molecule has 0 atom stereocenters. The highest BCUT2D eigenvalue weighted by Crippen LogP contribution is 2.27. The number of anilines is 1. The first-order chi connectivity index (χ1) is 13.1. The third kappa shape index (κ3) is 5.25. The number of sulfonamides is 1. The van der Waals surface area contributed by atoms with Crippen molar-refractivity contribution in [2.75, 3.05) is 19.0 Å². The molecule has 0 saturated carbocycles. The predicted octanol–water partition coefficient (Wildman–Crippen LogP) is 1.05. The number of amides is 1. The van der Waals surface area contributed by atoms with Crippen LogP contribution in [0.1, 0.15) is 10.4 Å². The molecule has 11 nitrogen and oxygen atoms in total. The van der Waals surface area contributed by atoms with E-state index in [1.165, 1.54) is 37.4 Å². The number of nitrogens with zero attached hydrogens (tertiary/aromatic N) is 1. The maximum atomic E-state index is 12.0. The number of hydrogen-bond acceptors (Lipinski definition) is 8. The fraction of sp³-hybridized carbons (Fsp3) is 0.125. The van der Waals surface area contributed by atoms with Gasteiger partial charge in [0.1, 0.15) is 0 Å². The zero-order valence-electron chi connectivity index (χ0n) is 14.4. The molecule has 2 aromatic rings. The van der Waals surface area contributed by atoms with E-state index in [-0.39, 0.29) is 21.9 Å². The van der Waals surface area contributed by atoms with Crippen molar-refractivity contribution in [1.29, 1.82) is 0 Å². The van der Waals surface area contributed by atoms with Crippen molar-refractivity contribution < 1.29 is 32.4 Å². The normalized spacial score (nSPS) is 10.8. The van der Waals surface area contributed by atoms with Crippen LogP contribution in [-0.4, -0.2) is 38.9 Å². The number of primary sulfonamides is 1. The lowest BCUT2D eigenvalue weighted by atomic mass is 10.2. The Hall–Kier alpha value is -3.51. The van der Waals surface area contributed by atoms with Crippen molar-refractivity contribution in [2.45, 2.75) is 4.90 Å². The van der Waals surface area contributed by atoms with E-state index in [0.717, 1.165) is 12.1 Å². The minimum absolute atomic E-state index is 0.0333. The van der Waals surface area contributed by atoms with Gasteiger partial charge in [0.05, 0.1) is 22.5 Å². The molecule has 0 unspecified atom stereocenters. The van der Waals surface area contributed by atoms with Gasteiger partial charge in [0.15, 0.2) is 12.4 Å². The van der Waals surface area contributed by atoms with Crippen LogP contribution in [0.3, 0.4) is 0 Å². The first-order valence-electron chi connectivity index (χ1n) is 7.54. The molecule has 0 aliphatic carbocycles. The lowest BCUT2D eigenvalue weighted by Gasteiger charge is -2.08. The summed E-state index contributed by atoms with van der Waals surface area (Å²) in [7, 11) is -2.70. The summed E-state index contributed by atoms with van der Waals surface area (Å²) in [5.41, 5.74) is -0.439. The number of nitro groups is 1. The number of carbonyl (C=O) groups is 2. The van der Waals surface area contributed by atoms with Crippen LogP contribution in [0, 0.1) is 10.1 Å². The second kappa shape index (κ2) is 8.45. The van der Waals surface area contributed by atoms with Crippen LogP contribution < -0.4 is 15.2 Å². The molecule has 0 fully saturated rings. The summed E-state index contributed by atoms with van der Waals surface area (Å²) >= 11 is 0. The monoisotopic (exact) mass is 409 g/mol. The Bertz CT molecular complexity index is 1040. The summed E-state index contributed by atoms with van der Waals surface area (Å²) in [6, 6.07) is 8.63. The van der Waals surface area contributed by atoms with Crippen LogP contribution in [0.4, 0.5) is 11.4 Å². The van der Waals surface area contributed by atoms with Crippen LogP contribution in [0.25, 0.3) is 0 Å². The number of rotatable bonds is 7. The molecule has 0 saturated heterocycles. The van der Waals surface area contributed by atoms with Crippen LogP contribution in [0.15, 0.2) is 47.4 Å². The fourth-order valence-electron chi connectivity index (χ4n) is 2.12. The third-order valence-electron chi connectivity index (χ3n) is 3.39. The summed E-state index contributed by atoms with van der Waals surface area (Å²) in [6.07, 6.45) is 0. The average molecular weight is 409 g/mol. The first-order valence-corrected chi connectivity index (χ1v) is 9.08. The Morgan fingerprint density at radius 2 is 1.93 bits per heavy atom. The van der Waals surface area contributed by atoms with E-state index < -0.39 is 39.1 Å². The van der Waals surface area contributed by atoms with Gasteiger partial charge in [-0.2, -0.15) is 0 Å². The van der Waals surface area contributed by atoms with E-state index in [9.17, 15) is 28.1 Å². The quantitative estimate of drug-likeness (QED) is 0.388. The molecule has 2 aromatic carbocycles. The van der Waals surface area contributed by atoms with Gasteiger partial charge in [-0.3, -0.25) is 14.9 Å². The Kier molecular flexibility index (Phi) is 6.28. The molecule has 0 spiro atoms. The van der Waals surface area contributed by atoms with Crippen LogP contribution in [-0.2, 0) is 19.6 Å². The molecule has 3 N–H and O–H groups in total. The number of methoxy groups -OCH3 is 1. The molecular formula is C16H15N3O8S. The number of esters is 1. The SMILES string of the molecule is COc1ccc(C(=O)OCC(=O)Nc2cccc(S(N)(=O)=O)c2)cc1[N+](=O)[O-]. The summed E-state index contributed by atoms with van der Waals surface area (Å²) < 4.78 is 32.2. The lowest BCUT2D eigenvalue weighted by molar-refractivity contribution is -0.385. The maximum absolute atomic E-state index is 12.0. The van der Waals surface area contributed by atoms with Crippen LogP contribution >= 0.6 is 0 Å². The molecule has 1 amide bonds. The summed E-state index contributed by atoms with van der Waals surface area (Å²) in [6.45, 7) is -0.696. The number of nitrogens with one attached hydrogen (secondary N) is 1. The summed E-state index contributed by atoms with van der Waals surface area (Å²) in [4.78, 5) is 33.9. The van der Waals surface area contributed by atoms with Gasteiger partial charge >= 0.3 is 11.7 Å². The number of ether oxygens (including phenoxy) is 2. The van der Waals surface area contributed by atoms with Crippen LogP contribution in [0.5, 0.6) is 5.75 Å². The number of benzene rings is 2. The van der Waals surface area contributed by atoms with Gasteiger partial charge in [-0.1, -0.05) is 6.07 Å². The second-order valence-electron chi connectivity index (χ2n) is 5.34. The highest BCUT2D eigenvalue weighted by Gasteiger charge is 2.19. The van der Waals surface area contributed by atoms with Gasteiger partial charge in [0.25, 0.3) is 5.91 Å². The van der Waals surface area contributed by atoms with Crippen molar-refractivity contribution in [3.05, 3.63) is 58.1 Å². The van der Waals surface area contributed by atoms with Gasteiger partial charge in [-0.15, -0.1) is 0 Å². The third-order valence-corrected chi connectivity index (χ3v) is 4.30. The fourth-order valence-corrected chi connectivity index (χ4v) is 2.68. The molecule has 148 valence electrons. The zero-order chi connectivity index (χ0) is 20.9. The van der Waals surface area contributed by atoms with Gasteiger partial charge < -0.3 is 14.8 Å². The van der Waals surface area contributed by atoms with Gasteiger partial charge in [0, 0.05) is 11.8 Å². The minimum atomic E-state index is -3.94. The van der Waals surface area contributed by atoms with E-state index in [1.54, 1.807) is 0 Å². The number of carbonyl (C=O) groups excluding carboxylic acids is 2. The van der Waals surface area contributed by atoms with E-state index in [1.807, 2.05) is 0 Å². The van der Waals surface area contributed by atoms with E-state index in [0.29, 0.717) is 0 Å². The molecule has 0 radical (unpaired) electrons. The molecular weight excluding hydrogens is 394 g/mol. The molecule has 0 heterocycles. The standard InChI is InChI=1S/C16H15N3O8S/c1-26-14-6-5-10(7-13(14)19(22)23)16(21)27-9-15(20)18-11-3-2-4-12(8-11)28(17,24)25/h2-8H,9H2,1H3,(H,18,20)(H2,17,24,25). The van der Waals surface area contributed by atoms with Crippen molar-refractivity contribution in [1.82, 2.24) is 0 Å². The van der Waals surface area contributed by atoms with Crippen LogP contribution in [0.2, 0.25) is 0 Å². The van der Waals surface area contributed by atoms with Crippen molar-refractivity contribution in [3.8, 4) is 5.75 Å². The Balaban J connectivity index is 2.02. The second-order valence-corrected chi connectivity index (χ2v) is 6.90. The molecule has 28 heavy (non-hydrogen) atoms. The van der Waals surface area contributed by atoms with Gasteiger partial charge in [-0.25, -0.2) is 18.4 Å². The molecule has 0 bridgehead atoms. The lowest BCUT2D eigenvalue weighted by Crippen LogP contribution is -2.21. The maximum Gasteiger partial charge on any atom is 0.338 e. The molecule has 2 rings (SSSR count). The average Bonchev–Trinajstić information content (AvgIpc) is 2.65. The number of nitrogens with two attached hydrogens (primary N) is 1. The van der Waals surface area contributed by atoms with Crippen molar-refractivity contribution in [3.63, 3.8) is 0 Å². The summed E-state index contributed by atoms with van der Waals surface area (Å²) in [5, 5.41) is 18.3. The number of nitro benzene ring substituents is 1. The highest BCUT2D eigenvalue weighted by molar-refractivity contribution is 7.89. The largest absolute Gasteiger partial charge is 0.490 e. The van der Waals surface area contributed by atoms with E-state index in [2.05, 4.69) is 5.32 Å². The van der Waals surface area contributed by atoms with Gasteiger partial charge in [-0.05, 0) is 30.3 Å². The molecule has 0 aliphatic heterocycles. The smallest absolute Gasteiger partial charge is 0.338 e. The van der Waals surface area contributed by atoms with Crippen molar-refractivity contribution in [2.24, 2.45) is 5.14 Å². The molecule has 0 aliphatic rings. The van der Waals surface area contributed by atoms with Gasteiger partial charge in [0.2, 0.25) is 10.0 Å². The van der Waals surface area contributed by atoms with E-state index in [4.69, 9.17) is 14.6 Å². The van der Waals surface area contributed by atoms with Crippen molar-refractivity contribution >= 4 is 33.3 Å². The zero-order valence-corrected chi connectivity index (χ0v) is 15.3. The Labute approximate surface area is 159 Å². The summed E-state index contributed by atoms with van der Waals surface area (Å²) in [5.74, 6) is -1.74. The Morgan fingerprint density at radius 3 is 2.54 bits per heavy atom. The topological polar surface area (TPSA) is 168 Å². The van der Waals surface area contributed by atoms with E-state index >= 15 is 0 Å². The predicted molar refractivity (Wildman–Crippen MR) is 96.4 cm³/mol. The molecule has 0 aromatic heterocycles. The highest BCUT2D eigenvalue weighted by atomic mass is 32.2. The first kappa shape index (κ1) is 20.8. The number of hydrogen-bond donors (Lipinski definition) is 2. The minimum Gasteiger partial charge on any atom is -0.490 e. The Morgan fingerprint density at radius 1 is 1.21 bits per heavy atom.